The Labute approximate surface area is 507 Å². The number of carbonyl (C=O) groups is 2. The second-order valence-corrected chi connectivity index (χ2v) is 22.2. The summed E-state index contributed by atoms with van der Waals surface area (Å²) in [4.78, 5) is 33.2. The van der Waals surface area contributed by atoms with Crippen LogP contribution in [-0.2, 0) is 55.0 Å². The van der Waals surface area contributed by atoms with Gasteiger partial charge in [-0.25, -0.2) is 0 Å². The van der Waals surface area contributed by atoms with Gasteiger partial charge in [-0.2, -0.15) is 0 Å². The van der Waals surface area contributed by atoms with Crippen molar-refractivity contribution in [2.45, 2.75) is 280 Å². The molecule has 82 heavy (non-hydrogen) atoms. The van der Waals surface area contributed by atoms with Crippen LogP contribution in [-0.4, -0.2) is 43.8 Å². The molecule has 0 unspecified atom stereocenters. The van der Waals surface area contributed by atoms with E-state index in [1.165, 1.54) is 131 Å². The molecule has 0 heterocycles. The summed E-state index contributed by atoms with van der Waals surface area (Å²) >= 11 is 0. The van der Waals surface area contributed by atoms with Crippen LogP contribution in [0, 0.1) is 0 Å². The minimum Gasteiger partial charge on any atom is -0.545 e. The summed E-state index contributed by atoms with van der Waals surface area (Å²) in [6.45, 7) is 17.4. The average molecular weight is 1180 g/mol. The smallest absolute Gasteiger partial charge is 0.545 e. The molecule has 0 atom stereocenters. The fourth-order valence-corrected chi connectivity index (χ4v) is 10.4. The van der Waals surface area contributed by atoms with Crippen LogP contribution in [0.4, 0.5) is 11.4 Å². The number of aryl methyl sites for hydroxylation is 4. The normalized spacial score (nSPS) is 11.4. The summed E-state index contributed by atoms with van der Waals surface area (Å²) < 4.78 is 0. The number of benzene rings is 4. The number of phenolic OH excluding ortho intramolecular Hbond substituents is 2. The van der Waals surface area contributed by atoms with Crippen molar-refractivity contribution in [1.82, 2.24) is 0 Å². The van der Waals surface area contributed by atoms with Crippen molar-refractivity contribution < 1.29 is 56.7 Å². The maximum Gasteiger partial charge on any atom is 2.00 e. The number of carboxylic acid groups (broad SMARTS) is 2. The zero-order chi connectivity index (χ0) is 59.6. The Balaban J connectivity index is 0.000000664. The topological polar surface area (TPSA) is 186 Å². The molecule has 0 fully saturated rings. The molecule has 0 radical (unpaired) electrons. The molecule has 11 heteroatoms. The summed E-state index contributed by atoms with van der Waals surface area (Å²) in [5.74, 6) is -4.74. The molecule has 4 aromatic rings. The molecule has 0 bridgehead atoms. The number of hydrogen-bond donors (Lipinski definition) is 4. The van der Waals surface area contributed by atoms with Gasteiger partial charge in [-0.05, 0) is 160 Å². The standard InChI is InChI=1S/C37H58N2.2C17H26O4.Ni/c1-5-9-11-12-13-14-15-16-17-18-19-21-29-37(39-35-27-23-25-33(8-4)31-35)36(28-20-10-6-2)38-34-26-22-24-32(7-3)30-34;2*1-3-5-7-9-12-11-14(18)16(19)15(17(20)21)13(12)10-8-6-4-2;/h22-27,30-31H,5-21,28-29H2,1-4H3;2*11,18-19H,3-10H2,1-2H3,(H,20,21);/q;;;+2/p-2. The Hall–Kier alpha value is -5.15. The fraction of sp³-hybridized carbons (Fsp3) is 0.606. The first-order valence-electron chi connectivity index (χ1n) is 32.1. The van der Waals surface area contributed by atoms with Crippen LogP contribution in [0.25, 0.3) is 0 Å². The molecule has 0 aliphatic carbocycles. The van der Waals surface area contributed by atoms with E-state index in [0.717, 1.165) is 125 Å². The monoisotopic (exact) mass is 1170 g/mol. The van der Waals surface area contributed by atoms with Gasteiger partial charge in [0.15, 0.2) is 23.0 Å². The molecule has 0 aliphatic rings. The van der Waals surface area contributed by atoms with Gasteiger partial charge in [0.25, 0.3) is 0 Å². The summed E-state index contributed by atoms with van der Waals surface area (Å²) in [7, 11) is 0. The Morgan fingerprint density at radius 2 is 0.683 bits per heavy atom. The predicted molar refractivity (Wildman–Crippen MR) is 337 cm³/mol. The van der Waals surface area contributed by atoms with Crippen molar-refractivity contribution in [3.05, 3.63) is 105 Å². The maximum absolute atomic E-state index is 11.3. The number of phenols is 4. The summed E-state index contributed by atoms with van der Waals surface area (Å²) in [5, 5.41) is 61.8. The summed E-state index contributed by atoms with van der Waals surface area (Å²) in [6.07, 6.45) is 38.8. The average Bonchev–Trinajstić information content (AvgIpc) is 3.52. The third-order valence-electron chi connectivity index (χ3n) is 15.3. The van der Waals surface area contributed by atoms with E-state index < -0.39 is 23.4 Å². The van der Waals surface area contributed by atoms with Crippen molar-refractivity contribution in [3.63, 3.8) is 0 Å². The molecule has 0 aromatic heterocycles. The Bertz CT molecular complexity index is 2360. The van der Waals surface area contributed by atoms with E-state index >= 15 is 0 Å². The van der Waals surface area contributed by atoms with Crippen LogP contribution in [0.3, 0.4) is 0 Å². The number of rotatable bonds is 40. The fourth-order valence-electron chi connectivity index (χ4n) is 10.4. The molecule has 0 spiro atoms. The number of unbranched alkanes of at least 4 members (excludes halogenated alkanes) is 21. The number of hydrogen-bond acceptors (Lipinski definition) is 10. The number of nitrogens with zero attached hydrogens (tertiary/aromatic N) is 2. The summed E-state index contributed by atoms with van der Waals surface area (Å²) in [6, 6.07) is 20.5. The molecular formula is C71H108N2NiO8. The van der Waals surface area contributed by atoms with Crippen LogP contribution < -0.4 is 10.2 Å². The number of aliphatic imine (C=N–C) groups is 2. The molecule has 460 valence electrons. The van der Waals surface area contributed by atoms with Gasteiger partial charge in [0.05, 0.1) is 34.7 Å². The number of carboxylic acids is 2. The molecule has 4 N–H and O–H groups in total. The molecule has 0 saturated carbocycles. The molecule has 4 aromatic carbocycles. The first kappa shape index (κ1) is 74.9. The number of carbonyl (C=O) groups excluding carboxylic acids is 2. The van der Waals surface area contributed by atoms with Gasteiger partial charge in [0, 0.05) is 11.1 Å². The predicted octanol–water partition coefficient (Wildman–Crippen LogP) is 18.2. The van der Waals surface area contributed by atoms with Crippen LogP contribution >= 0.6 is 0 Å². The van der Waals surface area contributed by atoms with Crippen LogP contribution in [0.15, 0.2) is 70.6 Å². The van der Waals surface area contributed by atoms with E-state index in [1.807, 2.05) is 0 Å². The first-order chi connectivity index (χ1) is 39.2. The first-order valence-corrected chi connectivity index (χ1v) is 32.1. The maximum atomic E-state index is 11.3. The van der Waals surface area contributed by atoms with Crippen LogP contribution in [0.2, 0.25) is 0 Å². The number of aromatic hydroxyl groups is 4. The second-order valence-electron chi connectivity index (χ2n) is 22.2. The summed E-state index contributed by atoms with van der Waals surface area (Å²) in [5.41, 5.74) is 9.64. The van der Waals surface area contributed by atoms with E-state index in [-0.39, 0.29) is 39.1 Å². The third kappa shape index (κ3) is 29.4. The zero-order valence-electron chi connectivity index (χ0n) is 52.2. The van der Waals surface area contributed by atoms with Gasteiger partial charge in [-0.1, -0.05) is 214 Å². The van der Waals surface area contributed by atoms with E-state index in [0.29, 0.717) is 36.8 Å². The van der Waals surface area contributed by atoms with E-state index in [4.69, 9.17) is 9.98 Å². The Morgan fingerprint density at radius 1 is 0.390 bits per heavy atom. The largest absolute Gasteiger partial charge is 2.00 e. The molecule has 0 saturated heterocycles. The minimum absolute atomic E-state index is 0. The van der Waals surface area contributed by atoms with Gasteiger partial charge in [0.2, 0.25) is 0 Å². The molecule has 0 amide bonds. The van der Waals surface area contributed by atoms with Crippen LogP contribution in [0.5, 0.6) is 23.0 Å². The molecule has 0 aliphatic heterocycles. The van der Waals surface area contributed by atoms with Gasteiger partial charge >= 0.3 is 16.5 Å². The molecular weight excluding hydrogens is 1070 g/mol. The third-order valence-corrected chi connectivity index (χ3v) is 15.3. The van der Waals surface area contributed by atoms with Crippen molar-refractivity contribution in [2.75, 3.05) is 0 Å². The van der Waals surface area contributed by atoms with Crippen molar-refractivity contribution in [1.29, 1.82) is 0 Å². The SMILES string of the molecule is CCCCCCCCCCCCCCC(=Nc1cccc(CC)c1)C(CCCCC)=Nc1cccc(CC)c1.CCCCCc1cc(O)c(O)c(C(=O)[O-])c1CCCCC.CCCCCc1cc(O)c(O)c(C(=O)[O-])c1CCCCC.[Ni+2]. The minimum atomic E-state index is -1.42. The van der Waals surface area contributed by atoms with E-state index in [2.05, 4.69) is 104 Å². The van der Waals surface area contributed by atoms with Gasteiger partial charge in [0.1, 0.15) is 0 Å². The Kier molecular flexibility index (Phi) is 42.2. The van der Waals surface area contributed by atoms with Crippen molar-refractivity contribution >= 4 is 34.7 Å². The van der Waals surface area contributed by atoms with Gasteiger partial charge < -0.3 is 40.2 Å². The van der Waals surface area contributed by atoms with Gasteiger partial charge in [-0.15, -0.1) is 0 Å². The number of aromatic carboxylic acids is 2. The van der Waals surface area contributed by atoms with Crippen molar-refractivity contribution in [3.8, 4) is 23.0 Å². The quantitative estimate of drug-likeness (QED) is 0.0147. The van der Waals surface area contributed by atoms with E-state index in [9.17, 15) is 40.2 Å². The second kappa shape index (κ2) is 46.3. The molecule has 4 rings (SSSR count). The molecule has 10 nitrogen and oxygen atoms in total. The van der Waals surface area contributed by atoms with Crippen LogP contribution in [0.1, 0.15) is 296 Å². The zero-order valence-corrected chi connectivity index (χ0v) is 53.1. The van der Waals surface area contributed by atoms with E-state index in [1.54, 1.807) is 0 Å². The van der Waals surface area contributed by atoms with Crippen molar-refractivity contribution in [2.24, 2.45) is 9.98 Å². The Morgan fingerprint density at radius 3 is 1.01 bits per heavy atom. The van der Waals surface area contributed by atoms with Gasteiger partial charge in [-0.3, -0.25) is 9.98 Å².